The first-order chi connectivity index (χ1) is 14.0. The van der Waals surface area contributed by atoms with Crippen LogP contribution >= 0.6 is 0 Å². The lowest BCUT2D eigenvalue weighted by Crippen LogP contribution is -2.53. The lowest BCUT2D eigenvalue weighted by molar-refractivity contribution is -0.0905. The average molecular weight is 411 g/mol. The molecule has 0 aromatic rings. The van der Waals surface area contributed by atoms with Gasteiger partial charge in [-0.25, -0.2) is 0 Å². The molecule has 4 aliphatic carbocycles. The first-order valence-corrected chi connectivity index (χ1v) is 12.8. The molecule has 0 aromatic heterocycles. The maximum Gasteiger partial charge on any atom is 0.0594 e. The van der Waals surface area contributed by atoms with E-state index in [1.807, 2.05) is 0 Å². The molecule has 4 rings (SSSR count). The maximum absolute atomic E-state index is 10.7. The van der Waals surface area contributed by atoms with Gasteiger partial charge in [0.2, 0.25) is 0 Å². The van der Waals surface area contributed by atoms with E-state index in [0.29, 0.717) is 16.7 Å². The van der Waals surface area contributed by atoms with Crippen molar-refractivity contribution in [3.8, 4) is 0 Å². The summed E-state index contributed by atoms with van der Waals surface area (Å²) in [6.07, 6.45) is 16.0. The van der Waals surface area contributed by atoms with Crippen molar-refractivity contribution in [1.29, 1.82) is 0 Å². The van der Waals surface area contributed by atoms with Gasteiger partial charge in [-0.1, -0.05) is 57.9 Å². The SMILES string of the molecule is CC(C)=CCC[C@@H](C)[C@H]1CC=C2C3=C(CC[C@@]21C)[C@@]1(C)CC[C@@H](O)C(C)(C)[C@@H]1CC3. The summed E-state index contributed by atoms with van der Waals surface area (Å²) in [6.45, 7) is 16.8. The minimum absolute atomic E-state index is 0.0400. The molecule has 0 heterocycles. The van der Waals surface area contributed by atoms with Gasteiger partial charge in [-0.05, 0) is 117 Å². The van der Waals surface area contributed by atoms with Gasteiger partial charge in [0.25, 0.3) is 0 Å². The highest BCUT2D eigenvalue weighted by molar-refractivity contribution is 5.49. The minimum atomic E-state index is -0.136. The van der Waals surface area contributed by atoms with Gasteiger partial charge in [-0.3, -0.25) is 0 Å². The molecule has 1 heteroatoms. The summed E-state index contributed by atoms with van der Waals surface area (Å²) in [6, 6.07) is 0. The molecule has 1 N–H and O–H groups in total. The molecule has 0 saturated heterocycles. The zero-order valence-electron chi connectivity index (χ0n) is 20.8. The smallest absolute Gasteiger partial charge is 0.0594 e. The Balaban J connectivity index is 1.60. The third-order valence-corrected chi connectivity index (χ3v) is 10.3. The predicted molar refractivity (Wildman–Crippen MR) is 128 cm³/mol. The lowest BCUT2D eigenvalue weighted by atomic mass is 9.46. The molecule has 0 aromatic carbocycles. The van der Waals surface area contributed by atoms with E-state index in [-0.39, 0.29) is 11.5 Å². The highest BCUT2D eigenvalue weighted by Gasteiger charge is 2.57. The zero-order valence-corrected chi connectivity index (χ0v) is 20.8. The number of rotatable bonds is 4. The Morgan fingerprint density at radius 3 is 2.53 bits per heavy atom. The van der Waals surface area contributed by atoms with Gasteiger partial charge in [0.1, 0.15) is 0 Å². The van der Waals surface area contributed by atoms with Crippen molar-refractivity contribution in [3.63, 3.8) is 0 Å². The Labute approximate surface area is 186 Å². The van der Waals surface area contributed by atoms with Gasteiger partial charge in [-0.2, -0.15) is 0 Å². The molecule has 0 amide bonds. The van der Waals surface area contributed by atoms with Crippen LogP contribution in [0, 0.1) is 34.0 Å². The molecule has 0 spiro atoms. The number of allylic oxidation sites excluding steroid dienone is 6. The van der Waals surface area contributed by atoms with E-state index in [0.717, 1.165) is 18.3 Å². The fourth-order valence-corrected chi connectivity index (χ4v) is 8.41. The van der Waals surface area contributed by atoms with Crippen molar-refractivity contribution in [3.05, 3.63) is 34.4 Å². The molecule has 168 valence electrons. The van der Waals surface area contributed by atoms with Crippen LogP contribution in [0.3, 0.4) is 0 Å². The van der Waals surface area contributed by atoms with Crippen LogP contribution in [0.5, 0.6) is 0 Å². The highest BCUT2D eigenvalue weighted by atomic mass is 16.3. The molecule has 6 atom stereocenters. The fraction of sp³-hybridized carbons (Fsp3) is 0.793. The Kier molecular flexibility index (Phi) is 5.70. The number of hydrogen-bond donors (Lipinski definition) is 1. The molecule has 0 unspecified atom stereocenters. The van der Waals surface area contributed by atoms with Crippen molar-refractivity contribution >= 4 is 0 Å². The van der Waals surface area contributed by atoms with Crippen molar-refractivity contribution in [2.24, 2.45) is 34.0 Å². The normalized spacial score (nSPS) is 40.8. The second kappa shape index (κ2) is 7.65. The van der Waals surface area contributed by atoms with E-state index in [4.69, 9.17) is 0 Å². The van der Waals surface area contributed by atoms with Crippen molar-refractivity contribution in [2.75, 3.05) is 0 Å². The summed E-state index contributed by atoms with van der Waals surface area (Å²) in [7, 11) is 0. The fourth-order valence-electron chi connectivity index (χ4n) is 8.41. The van der Waals surface area contributed by atoms with Gasteiger partial charge in [0.15, 0.2) is 0 Å². The van der Waals surface area contributed by atoms with Crippen molar-refractivity contribution in [1.82, 2.24) is 0 Å². The summed E-state index contributed by atoms with van der Waals surface area (Å²) in [4.78, 5) is 0. The topological polar surface area (TPSA) is 20.2 Å². The second-order valence-corrected chi connectivity index (χ2v) is 12.6. The number of aliphatic hydroxyl groups is 1. The van der Waals surface area contributed by atoms with Crippen LogP contribution < -0.4 is 0 Å². The molecule has 0 aliphatic heterocycles. The Morgan fingerprint density at radius 1 is 1.10 bits per heavy atom. The van der Waals surface area contributed by atoms with E-state index in [9.17, 15) is 5.11 Å². The Bertz CT molecular complexity index is 776. The molecule has 1 fully saturated rings. The van der Waals surface area contributed by atoms with Crippen LogP contribution in [0.15, 0.2) is 34.4 Å². The Morgan fingerprint density at radius 2 is 1.83 bits per heavy atom. The van der Waals surface area contributed by atoms with Gasteiger partial charge in [0, 0.05) is 0 Å². The predicted octanol–water partition coefficient (Wildman–Crippen LogP) is 8.01. The summed E-state index contributed by atoms with van der Waals surface area (Å²) < 4.78 is 0. The second-order valence-electron chi connectivity index (χ2n) is 12.6. The Hall–Kier alpha value is -0.820. The first kappa shape index (κ1) is 22.4. The molecule has 0 bridgehead atoms. The van der Waals surface area contributed by atoms with E-state index >= 15 is 0 Å². The van der Waals surface area contributed by atoms with Crippen molar-refractivity contribution in [2.45, 2.75) is 112 Å². The highest BCUT2D eigenvalue weighted by Crippen LogP contribution is 2.66. The maximum atomic E-state index is 10.7. The first-order valence-electron chi connectivity index (χ1n) is 12.8. The molecule has 1 saturated carbocycles. The summed E-state index contributed by atoms with van der Waals surface area (Å²) in [5, 5.41) is 10.7. The van der Waals surface area contributed by atoms with Gasteiger partial charge >= 0.3 is 0 Å². The van der Waals surface area contributed by atoms with Crippen LogP contribution in [-0.2, 0) is 0 Å². The quantitative estimate of drug-likeness (QED) is 0.465. The van der Waals surface area contributed by atoms with Gasteiger partial charge in [-0.15, -0.1) is 0 Å². The number of fused-ring (bicyclic) bond motifs is 4. The number of hydrogen-bond acceptors (Lipinski definition) is 1. The van der Waals surface area contributed by atoms with E-state index in [1.165, 1.54) is 56.9 Å². The van der Waals surface area contributed by atoms with Gasteiger partial charge in [0.05, 0.1) is 6.10 Å². The molecule has 4 aliphatic rings. The monoisotopic (exact) mass is 410 g/mol. The standard InChI is InChI=1S/C29H46O/c1-19(2)9-8-10-20(3)22-12-13-23-21-11-14-25-27(4,5)26(30)16-18-29(25,7)24(21)15-17-28(22,23)6/h9,13,20,22,25-26,30H,8,10-12,14-18H2,1-7H3/t20-,22-,25+,26-,28-,29-/m1/s1. The third-order valence-electron chi connectivity index (χ3n) is 10.3. The molecular formula is C29H46O. The average Bonchev–Trinajstić information content (AvgIpc) is 3.02. The largest absolute Gasteiger partial charge is 0.393 e. The van der Waals surface area contributed by atoms with Crippen LogP contribution in [-0.4, -0.2) is 11.2 Å². The molecular weight excluding hydrogens is 364 g/mol. The zero-order chi connectivity index (χ0) is 21.9. The summed E-state index contributed by atoms with van der Waals surface area (Å²) in [5.41, 5.74) is 7.47. The lowest BCUT2D eigenvalue weighted by Gasteiger charge is -2.59. The third kappa shape index (κ3) is 3.30. The minimum Gasteiger partial charge on any atom is -0.393 e. The van der Waals surface area contributed by atoms with Crippen LogP contribution in [0.2, 0.25) is 0 Å². The number of aliphatic hydroxyl groups excluding tert-OH is 1. The summed E-state index contributed by atoms with van der Waals surface area (Å²) in [5.74, 6) is 2.22. The molecule has 1 nitrogen and oxygen atoms in total. The molecule has 0 radical (unpaired) electrons. The van der Waals surface area contributed by atoms with E-state index < -0.39 is 0 Å². The van der Waals surface area contributed by atoms with Gasteiger partial charge < -0.3 is 5.11 Å². The molecule has 30 heavy (non-hydrogen) atoms. The van der Waals surface area contributed by atoms with Crippen molar-refractivity contribution < 1.29 is 5.11 Å². The van der Waals surface area contributed by atoms with Crippen LogP contribution in [0.4, 0.5) is 0 Å². The van der Waals surface area contributed by atoms with Crippen LogP contribution in [0.25, 0.3) is 0 Å². The van der Waals surface area contributed by atoms with E-state index in [2.05, 4.69) is 60.6 Å². The summed E-state index contributed by atoms with van der Waals surface area (Å²) >= 11 is 0. The van der Waals surface area contributed by atoms with E-state index in [1.54, 1.807) is 16.7 Å². The van der Waals surface area contributed by atoms with Crippen LogP contribution in [0.1, 0.15) is 106 Å².